The van der Waals surface area contributed by atoms with Crippen LogP contribution < -0.4 is 29.6 Å². The maximum absolute atomic E-state index is 8.56. The molecule has 0 aliphatic heterocycles. The van der Waals surface area contributed by atoms with Crippen molar-refractivity contribution in [3.05, 3.63) is 42.1 Å². The van der Waals surface area contributed by atoms with Crippen LogP contribution in [0.25, 0.3) is 11.3 Å². The van der Waals surface area contributed by atoms with E-state index in [1.807, 2.05) is 31.2 Å². The zero-order valence-corrected chi connectivity index (χ0v) is 12.4. The molecule has 0 fully saturated rings. The van der Waals surface area contributed by atoms with Crippen LogP contribution >= 0.6 is 0 Å². The molecule has 5 nitrogen and oxygen atoms in total. The number of nitrogens with one attached hydrogen (secondary N) is 1. The molecule has 1 unspecified atom stereocenters. The van der Waals surface area contributed by atoms with E-state index in [0.29, 0.717) is 0 Å². The van der Waals surface area contributed by atoms with Crippen molar-refractivity contribution in [1.29, 1.82) is 0 Å². The van der Waals surface area contributed by atoms with Gasteiger partial charge >= 0.3 is 29.6 Å². The van der Waals surface area contributed by atoms with Crippen molar-refractivity contribution in [2.45, 2.75) is 6.92 Å². The Morgan fingerprint density at radius 3 is 2.29 bits per heavy atom. The molecule has 2 rings (SSSR count). The van der Waals surface area contributed by atoms with Crippen molar-refractivity contribution < 1.29 is 42.9 Å². The van der Waals surface area contributed by atoms with Crippen molar-refractivity contribution in [2.24, 2.45) is 0 Å². The number of aromatic amines is 1. The first-order chi connectivity index (χ1) is 7.59. The van der Waals surface area contributed by atoms with E-state index >= 15 is 0 Å². The minimum absolute atomic E-state index is 0. The maximum Gasteiger partial charge on any atom is 1.00 e. The van der Waals surface area contributed by atoms with Gasteiger partial charge in [-0.15, -0.1) is 0 Å². The Kier molecular flexibility index (Phi) is 8.32. The van der Waals surface area contributed by atoms with Crippen molar-refractivity contribution in [3.63, 3.8) is 0 Å². The third kappa shape index (κ3) is 6.72. The summed E-state index contributed by atoms with van der Waals surface area (Å²) in [5, 5.41) is 7.04. The van der Waals surface area contributed by atoms with Crippen molar-refractivity contribution in [1.82, 2.24) is 10.2 Å². The number of H-pyrrole nitrogens is 1. The van der Waals surface area contributed by atoms with Gasteiger partial charge in [0.1, 0.15) is 0 Å². The van der Waals surface area contributed by atoms with Crippen molar-refractivity contribution in [3.8, 4) is 11.3 Å². The molecule has 17 heavy (non-hydrogen) atoms. The van der Waals surface area contributed by atoms with Gasteiger partial charge in [-0.25, -0.2) is 4.21 Å². The second-order valence-corrected chi connectivity index (χ2v) is 3.44. The molecule has 1 aromatic carbocycles. The van der Waals surface area contributed by atoms with Crippen LogP contribution in [0.15, 0.2) is 36.4 Å². The van der Waals surface area contributed by atoms with E-state index in [9.17, 15) is 0 Å². The van der Waals surface area contributed by atoms with E-state index in [4.69, 9.17) is 13.3 Å². The largest absolute Gasteiger partial charge is 1.00 e. The predicted molar refractivity (Wildman–Crippen MR) is 60.3 cm³/mol. The third-order valence-electron chi connectivity index (χ3n) is 1.79. The smallest absolute Gasteiger partial charge is 0.750 e. The minimum Gasteiger partial charge on any atom is -0.750 e. The first kappa shape index (κ1) is 16.5. The van der Waals surface area contributed by atoms with Gasteiger partial charge in [-0.3, -0.25) is 5.10 Å². The first-order valence-corrected chi connectivity index (χ1v) is 5.48. The zero-order chi connectivity index (χ0) is 12.0. The summed E-state index contributed by atoms with van der Waals surface area (Å²) in [6.07, 6.45) is 0. The summed E-state index contributed by atoms with van der Waals surface area (Å²) in [4.78, 5) is 0. The molecule has 7 heteroatoms. The van der Waals surface area contributed by atoms with Crippen LogP contribution in [-0.4, -0.2) is 23.5 Å². The summed E-state index contributed by atoms with van der Waals surface area (Å²) in [7, 11) is 0. The molecule has 1 heterocycles. The van der Waals surface area contributed by atoms with Gasteiger partial charge in [0.25, 0.3) is 0 Å². The van der Waals surface area contributed by atoms with Crippen LogP contribution in [0.1, 0.15) is 5.69 Å². The Labute approximate surface area is 124 Å². The average molecular weight is 262 g/mol. The number of rotatable bonds is 1. The van der Waals surface area contributed by atoms with Gasteiger partial charge in [-0.1, -0.05) is 30.3 Å². The molecule has 1 atom stereocenters. The summed E-state index contributed by atoms with van der Waals surface area (Å²) in [6, 6.07) is 12.2. The summed E-state index contributed by atoms with van der Waals surface area (Å²) in [5.74, 6) is 0. The van der Waals surface area contributed by atoms with Gasteiger partial charge in [0.15, 0.2) is 0 Å². The van der Waals surface area contributed by atoms with E-state index in [0.717, 1.165) is 11.4 Å². The second-order valence-electron chi connectivity index (χ2n) is 3.01. The molecule has 0 radical (unpaired) electrons. The van der Waals surface area contributed by atoms with Crippen LogP contribution in [0.5, 0.6) is 0 Å². The van der Waals surface area contributed by atoms with E-state index < -0.39 is 11.4 Å². The van der Waals surface area contributed by atoms with Gasteiger partial charge in [0, 0.05) is 0 Å². The molecule has 0 saturated carbocycles. The Morgan fingerprint density at radius 1 is 1.35 bits per heavy atom. The third-order valence-corrected chi connectivity index (χ3v) is 1.79. The number of hydrogen-bond donors (Lipinski definition) is 2. The number of benzene rings is 1. The fourth-order valence-electron chi connectivity index (χ4n) is 1.19. The molecule has 86 valence electrons. The quantitative estimate of drug-likeness (QED) is 0.495. The Hall–Kier alpha value is -0.500. The van der Waals surface area contributed by atoms with E-state index in [-0.39, 0.29) is 29.6 Å². The topological polar surface area (TPSA) is 89.0 Å². The van der Waals surface area contributed by atoms with Crippen LogP contribution in [-0.2, 0) is 11.4 Å². The monoisotopic (exact) mass is 262 g/mol. The number of nitrogens with zero attached hydrogens (tertiary/aromatic N) is 1. The molecular weight excluding hydrogens is 251 g/mol. The van der Waals surface area contributed by atoms with E-state index in [2.05, 4.69) is 22.3 Å². The summed E-state index contributed by atoms with van der Waals surface area (Å²) in [5.41, 5.74) is 3.28. The van der Waals surface area contributed by atoms with Gasteiger partial charge < -0.3 is 9.11 Å². The normalized spacial score (nSPS) is 10.8. The fraction of sp³-hybridized carbons (Fsp3) is 0.100. The SMILES string of the molecule is Cc1cc(-c2ccccc2)[nH]n1.O=S([O-])O.[Na+]. The first-order valence-electron chi connectivity index (χ1n) is 4.45. The molecule has 0 aliphatic rings. The van der Waals surface area contributed by atoms with Crippen molar-refractivity contribution in [2.75, 3.05) is 0 Å². The van der Waals surface area contributed by atoms with Gasteiger partial charge in [-0.05, 0) is 18.6 Å². The Bertz CT molecular complexity index is 458. The van der Waals surface area contributed by atoms with Crippen LogP contribution in [0.2, 0.25) is 0 Å². The van der Waals surface area contributed by atoms with E-state index in [1.54, 1.807) is 0 Å². The minimum atomic E-state index is -2.86. The van der Waals surface area contributed by atoms with Gasteiger partial charge in [0.2, 0.25) is 0 Å². The summed E-state index contributed by atoms with van der Waals surface area (Å²) in [6.45, 7) is 1.98. The Morgan fingerprint density at radius 2 is 1.88 bits per heavy atom. The van der Waals surface area contributed by atoms with Crippen molar-refractivity contribution >= 4 is 11.4 Å². The molecule has 2 N–H and O–H groups in total. The average Bonchev–Trinajstić information content (AvgIpc) is 2.65. The number of aryl methyl sites for hydroxylation is 1. The van der Waals surface area contributed by atoms with Crippen LogP contribution in [0.4, 0.5) is 0 Å². The van der Waals surface area contributed by atoms with Crippen LogP contribution in [0.3, 0.4) is 0 Å². The fourth-order valence-corrected chi connectivity index (χ4v) is 1.19. The molecule has 1 aromatic heterocycles. The van der Waals surface area contributed by atoms with Gasteiger partial charge in [-0.2, -0.15) is 5.10 Å². The molecule has 0 aliphatic carbocycles. The predicted octanol–water partition coefficient (Wildman–Crippen LogP) is -1.27. The van der Waals surface area contributed by atoms with E-state index in [1.165, 1.54) is 5.56 Å². The Balaban J connectivity index is 0.000000453. The molecule has 2 aromatic rings. The molecule has 0 bridgehead atoms. The van der Waals surface area contributed by atoms with Crippen LogP contribution in [0, 0.1) is 6.92 Å². The summed E-state index contributed by atoms with van der Waals surface area (Å²) >= 11 is -2.86. The standard InChI is InChI=1S/C10H10N2.Na.H2O3S/c1-8-7-10(12-11-8)9-5-3-2-4-6-9;;1-4(2)3/h2-7H,1H3,(H,11,12);;(H2,1,2,3)/q;+1;/p-1. The zero-order valence-electron chi connectivity index (χ0n) is 9.58. The number of aromatic nitrogens is 2. The van der Waals surface area contributed by atoms with Gasteiger partial charge in [0.05, 0.1) is 22.7 Å². The molecular formula is C10H11N2NaO3S. The maximum atomic E-state index is 8.56. The molecule has 0 saturated heterocycles. The summed E-state index contributed by atoms with van der Waals surface area (Å²) < 4.78 is 24.1. The number of hydrogen-bond acceptors (Lipinski definition) is 3. The molecule has 0 spiro atoms. The second kappa shape index (κ2) is 8.57. The molecule has 0 amide bonds.